The van der Waals surface area contributed by atoms with Gasteiger partial charge in [0.25, 0.3) is 0 Å². The number of benzene rings is 2. The van der Waals surface area contributed by atoms with Crippen molar-refractivity contribution in [3.8, 4) is 11.1 Å². The lowest BCUT2D eigenvalue weighted by molar-refractivity contribution is -0.139. The molecule has 0 bridgehead atoms. The van der Waals surface area contributed by atoms with Crippen LogP contribution in [-0.4, -0.2) is 30.3 Å². The number of hydrogen-bond donors (Lipinski definition) is 2. The predicted molar refractivity (Wildman–Crippen MR) is 82.5 cm³/mol. The third-order valence-corrected chi connectivity index (χ3v) is 3.28. The Morgan fingerprint density at radius 2 is 1.59 bits per heavy atom. The fourth-order valence-electron chi connectivity index (χ4n) is 1.91. The third kappa shape index (κ3) is 4.09. The minimum absolute atomic E-state index is 0.227. The van der Waals surface area contributed by atoms with Crippen molar-refractivity contribution >= 4 is 12.1 Å². The summed E-state index contributed by atoms with van der Waals surface area (Å²) in [7, 11) is 1.19. The molecule has 0 aliphatic heterocycles. The van der Waals surface area contributed by atoms with Crippen molar-refractivity contribution in [3.05, 3.63) is 60.2 Å². The summed E-state index contributed by atoms with van der Waals surface area (Å²) in [4.78, 5) is 21.8. The lowest BCUT2D eigenvalue weighted by Gasteiger charge is -2.13. The molecule has 2 N–H and O–H groups in total. The molecule has 0 heterocycles. The fourth-order valence-corrected chi connectivity index (χ4v) is 1.91. The molecular formula is C17H17NO4. The summed E-state index contributed by atoms with van der Waals surface area (Å²) in [5.41, 5.74) is 3.69. The van der Waals surface area contributed by atoms with Crippen LogP contribution < -0.4 is 5.32 Å². The maximum atomic E-state index is 10.9. The fraction of sp³-hybridized carbons (Fsp3) is 0.176. The van der Waals surface area contributed by atoms with Crippen LogP contribution in [0.25, 0.3) is 11.1 Å². The van der Waals surface area contributed by atoms with Gasteiger partial charge >= 0.3 is 12.1 Å². The van der Waals surface area contributed by atoms with Crippen molar-refractivity contribution in [3.63, 3.8) is 0 Å². The number of carboxylic acid groups (broad SMARTS) is 1. The van der Waals surface area contributed by atoms with E-state index in [1.54, 1.807) is 12.1 Å². The summed E-state index contributed by atoms with van der Waals surface area (Å²) in [5, 5.41) is 11.2. The van der Waals surface area contributed by atoms with Crippen LogP contribution in [0, 0.1) is 0 Å². The van der Waals surface area contributed by atoms with E-state index in [4.69, 9.17) is 5.11 Å². The number of methoxy groups -OCH3 is 1. The number of carbonyl (C=O) groups excluding carboxylic acids is 1. The lowest BCUT2D eigenvalue weighted by atomic mass is 9.95. The molecule has 0 unspecified atom stereocenters. The van der Waals surface area contributed by atoms with Crippen LogP contribution in [0.3, 0.4) is 0 Å². The number of nitrogens with one attached hydrogen (secondary N) is 1. The molecule has 0 aromatic heterocycles. The number of hydrogen-bond acceptors (Lipinski definition) is 3. The molecule has 1 amide bonds. The van der Waals surface area contributed by atoms with Crippen molar-refractivity contribution < 1.29 is 19.4 Å². The average molecular weight is 299 g/mol. The number of carboxylic acids is 1. The van der Waals surface area contributed by atoms with Crippen molar-refractivity contribution in [2.24, 2.45) is 0 Å². The number of alkyl carbamates (subject to hydrolysis) is 1. The SMILES string of the molecule is COC(=O)N[C@@H](Cc1ccccc1)C(=O)O.c1cc2ccc1-2. The van der Waals surface area contributed by atoms with E-state index in [0.717, 1.165) is 5.56 Å². The monoisotopic (exact) mass is 299 g/mol. The van der Waals surface area contributed by atoms with E-state index in [1.165, 1.54) is 18.2 Å². The summed E-state index contributed by atoms with van der Waals surface area (Å²) >= 11 is 0. The van der Waals surface area contributed by atoms with Crippen LogP contribution in [0.15, 0.2) is 54.6 Å². The number of rotatable bonds is 4. The maximum absolute atomic E-state index is 10.9. The highest BCUT2D eigenvalue weighted by molar-refractivity contribution is 5.80. The van der Waals surface area contributed by atoms with Crippen LogP contribution in [-0.2, 0) is 16.0 Å². The van der Waals surface area contributed by atoms with E-state index in [2.05, 4.69) is 34.3 Å². The first-order valence-electron chi connectivity index (χ1n) is 6.82. The molecule has 0 fully saturated rings. The molecule has 2 aliphatic rings. The second-order valence-corrected chi connectivity index (χ2v) is 4.79. The molecule has 1 atom stereocenters. The summed E-state index contributed by atoms with van der Waals surface area (Å²) in [6, 6.07) is 16.6. The van der Waals surface area contributed by atoms with Crippen molar-refractivity contribution in [2.75, 3.05) is 7.11 Å². The molecule has 2 aliphatic carbocycles. The minimum Gasteiger partial charge on any atom is -0.480 e. The van der Waals surface area contributed by atoms with Gasteiger partial charge in [0.15, 0.2) is 0 Å². The highest BCUT2D eigenvalue weighted by Crippen LogP contribution is 2.29. The van der Waals surface area contributed by atoms with E-state index in [9.17, 15) is 9.59 Å². The van der Waals surface area contributed by atoms with Gasteiger partial charge in [0.1, 0.15) is 6.04 Å². The second kappa shape index (κ2) is 7.26. The molecule has 1 aromatic carbocycles. The van der Waals surface area contributed by atoms with Crippen molar-refractivity contribution in [1.29, 1.82) is 0 Å². The van der Waals surface area contributed by atoms with Gasteiger partial charge in [-0.2, -0.15) is 0 Å². The Morgan fingerprint density at radius 3 is 1.95 bits per heavy atom. The molecule has 0 spiro atoms. The highest BCUT2D eigenvalue weighted by atomic mass is 16.5. The van der Waals surface area contributed by atoms with Crippen LogP contribution in [0.5, 0.6) is 0 Å². The number of amides is 1. The molecule has 1 aromatic rings. The molecule has 5 nitrogen and oxygen atoms in total. The quantitative estimate of drug-likeness (QED) is 0.776. The zero-order chi connectivity index (χ0) is 15.9. The van der Waals surface area contributed by atoms with Crippen LogP contribution in [0.2, 0.25) is 0 Å². The number of aliphatic carboxylic acids is 1. The van der Waals surface area contributed by atoms with Crippen molar-refractivity contribution in [2.45, 2.75) is 12.5 Å². The molecule has 3 rings (SSSR count). The smallest absolute Gasteiger partial charge is 0.407 e. The van der Waals surface area contributed by atoms with Gasteiger partial charge in [-0.1, -0.05) is 54.6 Å². The van der Waals surface area contributed by atoms with Gasteiger partial charge < -0.3 is 15.2 Å². The highest BCUT2D eigenvalue weighted by Gasteiger charge is 2.20. The number of fused-ring (bicyclic) bond motifs is 1. The van der Waals surface area contributed by atoms with Crippen LogP contribution in [0.4, 0.5) is 4.79 Å². The summed E-state index contributed by atoms with van der Waals surface area (Å²) in [6.45, 7) is 0. The molecule has 0 saturated heterocycles. The Kier molecular flexibility index (Phi) is 5.14. The van der Waals surface area contributed by atoms with Crippen LogP contribution in [0.1, 0.15) is 5.56 Å². The Balaban J connectivity index is 0.000000238. The molecular weight excluding hydrogens is 282 g/mol. The number of ether oxygens (including phenoxy) is 1. The van der Waals surface area contributed by atoms with Crippen molar-refractivity contribution in [1.82, 2.24) is 5.32 Å². The van der Waals surface area contributed by atoms with Gasteiger partial charge in [0.2, 0.25) is 0 Å². The molecule has 0 radical (unpaired) electrons. The van der Waals surface area contributed by atoms with Gasteiger partial charge in [-0.25, -0.2) is 9.59 Å². The molecule has 5 heteroatoms. The summed E-state index contributed by atoms with van der Waals surface area (Å²) in [6.07, 6.45) is -0.519. The zero-order valence-corrected chi connectivity index (χ0v) is 12.2. The Labute approximate surface area is 128 Å². The molecule has 114 valence electrons. The van der Waals surface area contributed by atoms with E-state index in [1.807, 2.05) is 18.2 Å². The zero-order valence-electron chi connectivity index (χ0n) is 12.2. The lowest BCUT2D eigenvalue weighted by Crippen LogP contribution is -2.42. The first-order valence-corrected chi connectivity index (χ1v) is 6.82. The van der Waals surface area contributed by atoms with Gasteiger partial charge in [0, 0.05) is 6.42 Å². The molecule has 0 saturated carbocycles. The first kappa shape index (κ1) is 15.6. The number of carbonyl (C=O) groups is 2. The predicted octanol–water partition coefficient (Wildman–Crippen LogP) is 2.71. The average Bonchev–Trinajstić information content (AvgIpc) is 2.51. The van der Waals surface area contributed by atoms with E-state index < -0.39 is 18.1 Å². The van der Waals surface area contributed by atoms with Gasteiger partial charge in [0.05, 0.1) is 7.11 Å². The second-order valence-electron chi connectivity index (χ2n) is 4.79. The summed E-state index contributed by atoms with van der Waals surface area (Å²) < 4.78 is 4.36. The van der Waals surface area contributed by atoms with E-state index >= 15 is 0 Å². The van der Waals surface area contributed by atoms with E-state index in [0.29, 0.717) is 0 Å². The standard InChI is InChI=1S/C11H13NO4.C6H4/c1-16-11(15)12-9(10(13)14)7-8-5-3-2-4-6-8;1-2-6-4-3-5(1)6/h2-6,9H,7H2,1H3,(H,12,15)(H,13,14);1-4H/t9-;/m0./s1. The Hall–Kier alpha value is -2.82. The topological polar surface area (TPSA) is 75.6 Å². The van der Waals surface area contributed by atoms with Gasteiger partial charge in [-0.15, -0.1) is 0 Å². The van der Waals surface area contributed by atoms with E-state index in [-0.39, 0.29) is 6.42 Å². The third-order valence-electron chi connectivity index (χ3n) is 3.28. The normalized spacial score (nSPS) is 11.5. The van der Waals surface area contributed by atoms with Gasteiger partial charge in [-0.05, 0) is 16.7 Å². The van der Waals surface area contributed by atoms with Crippen LogP contribution >= 0.6 is 0 Å². The minimum atomic E-state index is -1.09. The molecule has 22 heavy (non-hydrogen) atoms. The largest absolute Gasteiger partial charge is 0.480 e. The first-order chi connectivity index (χ1) is 10.6. The summed E-state index contributed by atoms with van der Waals surface area (Å²) in [5.74, 6) is -1.09. The Morgan fingerprint density at radius 1 is 1.05 bits per heavy atom. The van der Waals surface area contributed by atoms with Gasteiger partial charge in [-0.3, -0.25) is 0 Å². The Bertz CT molecular complexity index is 616. The maximum Gasteiger partial charge on any atom is 0.407 e.